The van der Waals surface area contributed by atoms with Gasteiger partial charge < -0.3 is 9.47 Å². The molecule has 0 aliphatic carbocycles. The van der Waals surface area contributed by atoms with E-state index in [0.717, 1.165) is 16.7 Å². The van der Waals surface area contributed by atoms with E-state index in [2.05, 4.69) is 15.9 Å². The highest BCUT2D eigenvalue weighted by Crippen LogP contribution is 2.49. The lowest BCUT2D eigenvalue weighted by molar-refractivity contribution is -0.384. The summed E-state index contributed by atoms with van der Waals surface area (Å²) in [4.78, 5) is 22.4. The molecule has 0 bridgehead atoms. The van der Waals surface area contributed by atoms with Crippen LogP contribution < -0.4 is 4.74 Å². The van der Waals surface area contributed by atoms with Crippen molar-refractivity contribution < 1.29 is 19.2 Å². The summed E-state index contributed by atoms with van der Waals surface area (Å²) < 4.78 is 11.2. The largest absolute Gasteiger partial charge is 0.483 e. The molecule has 1 heterocycles. The summed E-state index contributed by atoms with van der Waals surface area (Å²) in [6, 6.07) is 8.57. The Bertz CT molecular complexity index is 849. The summed E-state index contributed by atoms with van der Waals surface area (Å²) in [5, 5.41) is 11.1. The van der Waals surface area contributed by atoms with Crippen LogP contribution in [0.25, 0.3) is 11.1 Å². The van der Waals surface area contributed by atoms with E-state index in [1.54, 1.807) is 0 Å². The molecule has 1 atom stereocenters. The maximum absolute atomic E-state index is 11.7. The highest BCUT2D eigenvalue weighted by molar-refractivity contribution is 9.10. The van der Waals surface area contributed by atoms with Crippen LogP contribution in [0, 0.1) is 17.0 Å². The van der Waals surface area contributed by atoms with E-state index in [9.17, 15) is 14.9 Å². The molecule has 0 saturated heterocycles. The number of carbonyl (C=O) groups excluding carboxylic acids is 1. The van der Waals surface area contributed by atoms with Crippen molar-refractivity contribution in [2.75, 3.05) is 7.11 Å². The second-order valence-electron chi connectivity index (χ2n) is 5.48. The average Bonchev–Trinajstić information content (AvgIpc) is 2.55. The fraction of sp³-hybridized carbons (Fsp3) is 0.235. The van der Waals surface area contributed by atoms with E-state index in [1.807, 2.05) is 25.1 Å². The first-order valence-electron chi connectivity index (χ1n) is 7.23. The summed E-state index contributed by atoms with van der Waals surface area (Å²) in [5.41, 5.74) is 3.24. The van der Waals surface area contributed by atoms with Gasteiger partial charge in [-0.2, -0.15) is 0 Å². The summed E-state index contributed by atoms with van der Waals surface area (Å²) in [5.74, 6) is 0.114. The molecule has 0 N–H and O–H groups in total. The van der Waals surface area contributed by atoms with Gasteiger partial charge in [0.05, 0.1) is 22.9 Å². The van der Waals surface area contributed by atoms with Crippen LogP contribution in [0.4, 0.5) is 5.69 Å². The van der Waals surface area contributed by atoms with Gasteiger partial charge in [-0.25, -0.2) is 0 Å². The van der Waals surface area contributed by atoms with Gasteiger partial charge in [0.25, 0.3) is 5.69 Å². The topological polar surface area (TPSA) is 78.7 Å². The zero-order chi connectivity index (χ0) is 17.4. The molecule has 7 heteroatoms. The number of aryl methyl sites for hydroxylation is 1. The van der Waals surface area contributed by atoms with Crippen LogP contribution in [-0.2, 0) is 9.53 Å². The molecule has 0 saturated carbocycles. The monoisotopic (exact) mass is 391 g/mol. The molecule has 6 nitrogen and oxygen atoms in total. The maximum atomic E-state index is 11.7. The minimum Gasteiger partial charge on any atom is -0.483 e. The molecule has 1 unspecified atom stereocenters. The predicted octanol–water partition coefficient (Wildman–Crippen LogP) is 4.33. The third-order valence-electron chi connectivity index (χ3n) is 4.02. The molecular formula is C17H14BrNO5. The molecule has 1 aliphatic rings. The summed E-state index contributed by atoms with van der Waals surface area (Å²) in [7, 11) is 1.33. The smallest absolute Gasteiger partial charge is 0.309 e. The van der Waals surface area contributed by atoms with Crippen LogP contribution in [0.15, 0.2) is 34.8 Å². The lowest BCUT2D eigenvalue weighted by Gasteiger charge is -2.30. The van der Waals surface area contributed by atoms with Crippen molar-refractivity contribution in [2.24, 2.45) is 0 Å². The highest BCUT2D eigenvalue weighted by atomic mass is 79.9. The number of rotatable bonds is 3. The number of hydrogen-bond acceptors (Lipinski definition) is 5. The number of esters is 1. The molecule has 2 aromatic carbocycles. The van der Waals surface area contributed by atoms with Gasteiger partial charge in [0, 0.05) is 23.3 Å². The summed E-state index contributed by atoms with van der Waals surface area (Å²) >= 11 is 3.34. The van der Waals surface area contributed by atoms with Crippen LogP contribution in [0.5, 0.6) is 5.75 Å². The standard InChI is InChI=1S/C17H14BrNO5/c1-9-4-3-5-11-12-6-10(19(21)22)7-13(18)17(12)24-14(16(9)11)8-15(20)23-2/h3-7,14H,8H2,1-2H3. The van der Waals surface area contributed by atoms with Gasteiger partial charge in [-0.3, -0.25) is 14.9 Å². The maximum Gasteiger partial charge on any atom is 0.309 e. The van der Waals surface area contributed by atoms with Crippen LogP contribution in [-0.4, -0.2) is 18.0 Å². The molecule has 24 heavy (non-hydrogen) atoms. The molecule has 124 valence electrons. The minimum atomic E-state index is -0.501. The number of carbonyl (C=O) groups is 1. The van der Waals surface area contributed by atoms with E-state index in [1.165, 1.54) is 19.2 Å². The first-order chi connectivity index (χ1) is 11.4. The van der Waals surface area contributed by atoms with E-state index in [-0.39, 0.29) is 18.1 Å². The van der Waals surface area contributed by atoms with Crippen molar-refractivity contribution in [1.29, 1.82) is 0 Å². The van der Waals surface area contributed by atoms with Crippen molar-refractivity contribution in [3.63, 3.8) is 0 Å². The Morgan fingerprint density at radius 3 is 2.79 bits per heavy atom. The van der Waals surface area contributed by atoms with Gasteiger partial charge in [0.1, 0.15) is 11.9 Å². The van der Waals surface area contributed by atoms with Crippen LogP contribution >= 0.6 is 15.9 Å². The number of hydrogen-bond donors (Lipinski definition) is 0. The molecule has 0 radical (unpaired) electrons. The van der Waals surface area contributed by atoms with Gasteiger partial charge in [0.2, 0.25) is 0 Å². The van der Waals surface area contributed by atoms with Gasteiger partial charge in [-0.05, 0) is 34.0 Å². The molecule has 0 amide bonds. The van der Waals surface area contributed by atoms with E-state index < -0.39 is 11.0 Å². The van der Waals surface area contributed by atoms with Crippen LogP contribution in [0.2, 0.25) is 0 Å². The van der Waals surface area contributed by atoms with Crippen molar-refractivity contribution in [2.45, 2.75) is 19.4 Å². The van der Waals surface area contributed by atoms with Crippen molar-refractivity contribution >= 4 is 27.6 Å². The van der Waals surface area contributed by atoms with Crippen molar-refractivity contribution in [3.05, 3.63) is 56.0 Å². The minimum absolute atomic E-state index is 0.0249. The zero-order valence-corrected chi connectivity index (χ0v) is 14.6. The lowest BCUT2D eigenvalue weighted by atomic mass is 9.88. The molecule has 0 spiro atoms. The fourth-order valence-corrected chi connectivity index (χ4v) is 3.47. The molecular weight excluding hydrogens is 378 g/mol. The Hall–Kier alpha value is -2.41. The first kappa shape index (κ1) is 16.4. The molecule has 1 aliphatic heterocycles. The third kappa shape index (κ3) is 2.75. The number of non-ortho nitro benzene ring substituents is 1. The first-order valence-corrected chi connectivity index (χ1v) is 8.03. The zero-order valence-electron chi connectivity index (χ0n) is 13.0. The number of ether oxygens (including phenoxy) is 2. The number of methoxy groups -OCH3 is 1. The van der Waals surface area contributed by atoms with Gasteiger partial charge in [0.15, 0.2) is 0 Å². The highest BCUT2D eigenvalue weighted by Gasteiger charge is 2.32. The van der Waals surface area contributed by atoms with Crippen molar-refractivity contribution in [1.82, 2.24) is 0 Å². The van der Waals surface area contributed by atoms with Crippen LogP contribution in [0.1, 0.15) is 23.7 Å². The van der Waals surface area contributed by atoms with E-state index in [0.29, 0.717) is 15.8 Å². The summed E-state index contributed by atoms with van der Waals surface area (Å²) in [6.07, 6.45) is -0.434. The Labute approximate surface area is 146 Å². The Balaban J connectivity index is 2.21. The van der Waals surface area contributed by atoms with Crippen molar-refractivity contribution in [3.8, 4) is 16.9 Å². The average molecular weight is 392 g/mol. The van der Waals surface area contributed by atoms with Gasteiger partial charge >= 0.3 is 5.97 Å². The Morgan fingerprint density at radius 2 is 2.12 bits per heavy atom. The van der Waals surface area contributed by atoms with Gasteiger partial charge in [-0.15, -0.1) is 0 Å². The quantitative estimate of drug-likeness (QED) is 0.441. The lowest BCUT2D eigenvalue weighted by Crippen LogP contribution is -2.20. The number of benzene rings is 2. The SMILES string of the molecule is COC(=O)CC1Oc2c(Br)cc([N+](=O)[O-])cc2-c2cccc(C)c21. The molecule has 3 rings (SSSR count). The summed E-state index contributed by atoms with van der Waals surface area (Å²) in [6.45, 7) is 1.92. The number of halogens is 1. The third-order valence-corrected chi connectivity index (χ3v) is 4.60. The number of fused-ring (bicyclic) bond motifs is 3. The second kappa shape index (κ2) is 6.24. The molecule has 2 aromatic rings. The van der Waals surface area contributed by atoms with Gasteiger partial charge in [-0.1, -0.05) is 18.2 Å². The van der Waals surface area contributed by atoms with Crippen LogP contribution in [0.3, 0.4) is 0 Å². The fourth-order valence-electron chi connectivity index (χ4n) is 2.93. The second-order valence-corrected chi connectivity index (χ2v) is 6.34. The normalized spacial score (nSPS) is 15.0. The Morgan fingerprint density at radius 1 is 1.38 bits per heavy atom. The van der Waals surface area contributed by atoms with E-state index >= 15 is 0 Å². The van der Waals surface area contributed by atoms with E-state index in [4.69, 9.17) is 9.47 Å². The number of nitro benzene ring substituents is 1. The molecule has 0 aromatic heterocycles. The predicted molar refractivity (Wildman–Crippen MR) is 91.0 cm³/mol. The Kier molecular flexibility index (Phi) is 4.28. The molecule has 0 fully saturated rings. The number of nitro groups is 1. The number of nitrogens with zero attached hydrogens (tertiary/aromatic N) is 1.